The fraction of sp³-hybridized carbons (Fsp3) is 0.629. The molecule has 1 aromatic carbocycles. The number of nitrogens with zero attached hydrogens (tertiary/aromatic N) is 2. The molecule has 15 nitrogen and oxygen atoms in total. The van der Waals surface area contributed by atoms with Gasteiger partial charge in [-0.05, 0) is 88.4 Å². The zero-order valence-electron chi connectivity index (χ0n) is 29.4. The van der Waals surface area contributed by atoms with Crippen molar-refractivity contribution in [3.8, 4) is 11.6 Å². The Bertz CT molecular complexity index is 1780. The van der Waals surface area contributed by atoms with Crippen molar-refractivity contribution in [3.63, 3.8) is 0 Å². The van der Waals surface area contributed by atoms with Gasteiger partial charge < -0.3 is 34.5 Å². The van der Waals surface area contributed by atoms with E-state index in [9.17, 15) is 27.6 Å². The molecule has 0 spiro atoms. The number of aromatic nitrogens is 1. The second-order valence-electron chi connectivity index (χ2n) is 14.8. The number of amides is 4. The smallest absolute Gasteiger partial charge is 0.408 e. The van der Waals surface area contributed by atoms with E-state index < -0.39 is 68.4 Å². The number of sulfonamides is 1. The SMILES string of the molecule is COc1ccc2c(O[C@@H]3C[C@H]4C(=O)N[C@]5(C(=O)NS(=O)(=O)C6CC6)C[C@H]5CCCCOCC[C@H](NC(=O)OC(C)(C)C)C(=O)N4C3)nccc2c1. The molecule has 6 rings (SSSR count). The summed E-state index contributed by atoms with van der Waals surface area (Å²) in [5.74, 6) is -1.27. The standard InChI is InChI=1S/C35H47N5O10S/c1-34(2,3)50-33(44)37-27-13-16-48-15-6-5-7-22-19-35(22,32(43)39-51(45,46)25-9-10-25)38-29(41)28-18-24(20-40(28)31(27)42)49-30-26-11-8-23(47-4)17-21(26)12-14-36-30/h8,11-12,14,17,22,24-25,27-28H,5-7,9-10,13,15-16,18-20H2,1-4H3,(H,37,44)(H,38,41)(H,39,43)/t22-,24-,27+,28+,35-/m1/s1. The van der Waals surface area contributed by atoms with Crippen LogP contribution >= 0.6 is 0 Å². The molecule has 4 fully saturated rings. The number of hydrogen-bond acceptors (Lipinski definition) is 11. The number of ether oxygens (including phenoxy) is 4. The quantitative estimate of drug-likeness (QED) is 0.380. The number of benzene rings is 1. The monoisotopic (exact) mass is 729 g/mol. The summed E-state index contributed by atoms with van der Waals surface area (Å²) in [6, 6.07) is 5.04. The van der Waals surface area contributed by atoms with Gasteiger partial charge in [-0.15, -0.1) is 0 Å². The molecule has 0 unspecified atom stereocenters. The van der Waals surface area contributed by atoms with E-state index in [-0.39, 0.29) is 38.3 Å². The van der Waals surface area contributed by atoms with Gasteiger partial charge in [0.1, 0.15) is 35.1 Å². The van der Waals surface area contributed by atoms with Gasteiger partial charge in [-0.3, -0.25) is 19.1 Å². The number of rotatable bonds is 7. The van der Waals surface area contributed by atoms with Gasteiger partial charge in [0.05, 0.1) is 18.9 Å². The van der Waals surface area contributed by atoms with Crippen molar-refractivity contribution in [1.82, 2.24) is 25.2 Å². The highest BCUT2D eigenvalue weighted by Gasteiger charge is 2.62. The summed E-state index contributed by atoms with van der Waals surface area (Å²) in [6.45, 7) is 5.64. The zero-order valence-corrected chi connectivity index (χ0v) is 30.3. The Morgan fingerprint density at radius 2 is 1.86 bits per heavy atom. The number of alkyl carbamates (subject to hydrolysis) is 1. The predicted octanol–water partition coefficient (Wildman–Crippen LogP) is 2.56. The molecular formula is C35H47N5O10S. The van der Waals surface area contributed by atoms with Crippen molar-refractivity contribution < 1.29 is 46.5 Å². The topological polar surface area (TPSA) is 192 Å². The summed E-state index contributed by atoms with van der Waals surface area (Å²) in [5, 5.41) is 6.45. The van der Waals surface area contributed by atoms with Gasteiger partial charge in [0, 0.05) is 37.6 Å². The number of methoxy groups -OCH3 is 1. The Morgan fingerprint density at radius 3 is 2.59 bits per heavy atom. The van der Waals surface area contributed by atoms with Crippen molar-refractivity contribution in [2.75, 3.05) is 26.9 Å². The van der Waals surface area contributed by atoms with Crippen molar-refractivity contribution in [2.45, 2.75) is 107 Å². The summed E-state index contributed by atoms with van der Waals surface area (Å²) in [4.78, 5) is 61.0. The normalized spacial score (nSPS) is 27.6. The predicted molar refractivity (Wildman–Crippen MR) is 184 cm³/mol. The maximum Gasteiger partial charge on any atom is 0.408 e. The molecule has 5 atom stereocenters. The lowest BCUT2D eigenvalue weighted by molar-refractivity contribution is -0.141. The van der Waals surface area contributed by atoms with Crippen molar-refractivity contribution >= 4 is 44.6 Å². The molecular weight excluding hydrogens is 682 g/mol. The van der Waals surface area contributed by atoms with Crippen LogP contribution in [0.25, 0.3) is 10.8 Å². The van der Waals surface area contributed by atoms with Gasteiger partial charge in [-0.2, -0.15) is 0 Å². The third-order valence-corrected chi connectivity index (χ3v) is 11.6. The summed E-state index contributed by atoms with van der Waals surface area (Å²) < 4.78 is 50.8. The third-order valence-electron chi connectivity index (χ3n) is 9.75. The molecule has 0 bridgehead atoms. The van der Waals surface area contributed by atoms with E-state index in [2.05, 4.69) is 20.3 Å². The van der Waals surface area contributed by atoms with E-state index in [1.54, 1.807) is 40.1 Å². The van der Waals surface area contributed by atoms with Gasteiger partial charge in [-0.25, -0.2) is 18.2 Å². The lowest BCUT2D eigenvalue weighted by Crippen LogP contribution is -2.58. The van der Waals surface area contributed by atoms with Crippen LogP contribution in [0.2, 0.25) is 0 Å². The fourth-order valence-corrected chi connectivity index (χ4v) is 8.20. The van der Waals surface area contributed by atoms with E-state index in [1.165, 1.54) is 4.90 Å². The molecule has 2 saturated heterocycles. The van der Waals surface area contributed by atoms with Gasteiger partial charge in [0.25, 0.3) is 5.91 Å². The average molecular weight is 730 g/mol. The molecule has 4 amide bonds. The molecule has 51 heavy (non-hydrogen) atoms. The molecule has 2 aliphatic heterocycles. The summed E-state index contributed by atoms with van der Waals surface area (Å²) >= 11 is 0. The fourth-order valence-electron chi connectivity index (χ4n) is 6.84. The van der Waals surface area contributed by atoms with E-state index >= 15 is 0 Å². The van der Waals surface area contributed by atoms with Crippen LogP contribution in [0.5, 0.6) is 11.6 Å². The third kappa shape index (κ3) is 8.49. The minimum absolute atomic E-state index is 0.0306. The minimum Gasteiger partial charge on any atom is -0.497 e. The number of hydrogen-bond donors (Lipinski definition) is 3. The van der Waals surface area contributed by atoms with E-state index in [1.807, 2.05) is 18.2 Å². The largest absolute Gasteiger partial charge is 0.497 e. The van der Waals surface area contributed by atoms with E-state index in [0.717, 1.165) is 5.39 Å². The van der Waals surface area contributed by atoms with Gasteiger partial charge in [-0.1, -0.05) is 6.42 Å². The lowest BCUT2D eigenvalue weighted by atomic mass is 10.1. The molecule has 0 radical (unpaired) electrons. The Labute approximate surface area is 297 Å². The first-order valence-corrected chi connectivity index (χ1v) is 19.1. The molecule has 3 heterocycles. The summed E-state index contributed by atoms with van der Waals surface area (Å²) in [5.41, 5.74) is -2.27. The van der Waals surface area contributed by atoms with Crippen molar-refractivity contribution in [3.05, 3.63) is 30.5 Å². The van der Waals surface area contributed by atoms with Crippen LogP contribution in [0.3, 0.4) is 0 Å². The molecule has 1 aromatic heterocycles. The maximum absolute atomic E-state index is 14.3. The van der Waals surface area contributed by atoms with Crippen LogP contribution in [0.1, 0.15) is 72.1 Å². The van der Waals surface area contributed by atoms with Crippen LogP contribution in [0, 0.1) is 5.92 Å². The highest BCUT2D eigenvalue weighted by Crippen LogP contribution is 2.48. The van der Waals surface area contributed by atoms with Crippen LogP contribution < -0.4 is 24.8 Å². The second-order valence-corrected chi connectivity index (χ2v) is 16.8. The number of carbonyl (C=O) groups is 4. The number of nitrogens with one attached hydrogen (secondary N) is 3. The summed E-state index contributed by atoms with van der Waals surface area (Å²) in [6.07, 6.45) is 3.38. The second kappa shape index (κ2) is 14.4. The Kier molecular flexibility index (Phi) is 10.4. The maximum atomic E-state index is 14.3. The van der Waals surface area contributed by atoms with Crippen LogP contribution in [-0.2, 0) is 33.9 Å². The number of carbonyl (C=O) groups excluding carboxylic acids is 4. The molecule has 3 N–H and O–H groups in total. The van der Waals surface area contributed by atoms with Crippen LogP contribution in [0.4, 0.5) is 4.79 Å². The highest BCUT2D eigenvalue weighted by atomic mass is 32.2. The Hall–Kier alpha value is -4.18. The Balaban J connectivity index is 1.30. The van der Waals surface area contributed by atoms with Gasteiger partial charge in [0.2, 0.25) is 27.7 Å². The van der Waals surface area contributed by atoms with E-state index in [0.29, 0.717) is 55.7 Å². The molecule has 16 heteroatoms. The first kappa shape index (κ1) is 36.6. The molecule has 4 aliphatic rings. The zero-order chi connectivity index (χ0) is 36.6. The van der Waals surface area contributed by atoms with Crippen LogP contribution in [-0.4, -0.2) is 104 Å². The first-order valence-electron chi connectivity index (χ1n) is 17.5. The van der Waals surface area contributed by atoms with Gasteiger partial charge >= 0.3 is 6.09 Å². The molecule has 2 aromatic rings. The van der Waals surface area contributed by atoms with E-state index in [4.69, 9.17) is 18.9 Å². The van der Waals surface area contributed by atoms with Crippen molar-refractivity contribution in [1.29, 1.82) is 0 Å². The van der Waals surface area contributed by atoms with Gasteiger partial charge in [0.15, 0.2) is 0 Å². The average Bonchev–Trinajstić information content (AvgIpc) is 3.99. The first-order chi connectivity index (χ1) is 24.2. The molecule has 278 valence electrons. The molecule has 2 saturated carbocycles. The highest BCUT2D eigenvalue weighted by molar-refractivity contribution is 7.91. The lowest BCUT2D eigenvalue weighted by Gasteiger charge is -2.30. The Morgan fingerprint density at radius 1 is 1.08 bits per heavy atom. The van der Waals surface area contributed by atoms with Crippen LogP contribution in [0.15, 0.2) is 30.5 Å². The number of fused-ring (bicyclic) bond motifs is 3. The number of pyridine rings is 1. The molecule has 2 aliphatic carbocycles. The van der Waals surface area contributed by atoms with Crippen molar-refractivity contribution in [2.24, 2.45) is 5.92 Å². The minimum atomic E-state index is -3.88. The summed E-state index contributed by atoms with van der Waals surface area (Å²) in [7, 11) is -2.31.